The number of hydrogen-bond acceptors (Lipinski definition) is 4. The molecular weight excluding hydrogens is 234 g/mol. The fourth-order valence-corrected chi connectivity index (χ4v) is 2.14. The maximum absolute atomic E-state index is 12.2. The van der Waals surface area contributed by atoms with Crippen LogP contribution in [0.25, 0.3) is 11.0 Å². The lowest BCUT2D eigenvalue weighted by Crippen LogP contribution is -2.28. The van der Waals surface area contributed by atoms with Gasteiger partial charge in [-0.3, -0.25) is 5.32 Å². The molecular formula is C12H13N3O3. The van der Waals surface area contributed by atoms with Crippen molar-refractivity contribution in [3.63, 3.8) is 0 Å². The van der Waals surface area contributed by atoms with Gasteiger partial charge in [0.25, 0.3) is 11.7 Å². The summed E-state index contributed by atoms with van der Waals surface area (Å²) in [5.74, 6) is 0. The molecule has 0 radical (unpaired) electrons. The first-order valence-corrected chi connectivity index (χ1v) is 5.79. The zero-order valence-corrected chi connectivity index (χ0v) is 9.87. The van der Waals surface area contributed by atoms with Crippen molar-refractivity contribution in [2.75, 3.05) is 6.61 Å². The Hall–Kier alpha value is -1.92. The fraction of sp³-hybridized carbons (Fsp3) is 0.333. The highest BCUT2D eigenvalue weighted by atomic mass is 16.5. The molecule has 0 saturated carbocycles. The van der Waals surface area contributed by atoms with E-state index in [0.717, 1.165) is 4.73 Å². The Kier molecular flexibility index (Phi) is 2.53. The highest BCUT2D eigenvalue weighted by Crippen LogP contribution is 2.21. The number of benzene rings is 1. The lowest BCUT2D eigenvalue weighted by molar-refractivity contribution is -0.465. The normalized spacial score (nSPS) is 23.6. The summed E-state index contributed by atoms with van der Waals surface area (Å²) in [6, 6.07) is 6.86. The smallest absolute Gasteiger partial charge is 0.285 e. The van der Waals surface area contributed by atoms with Gasteiger partial charge in [-0.25, -0.2) is 0 Å². The maximum atomic E-state index is 12.2. The number of ether oxygens (including phenoxy) is 1. The Morgan fingerprint density at radius 1 is 1.50 bits per heavy atom. The first kappa shape index (κ1) is 11.2. The number of aromatic nitrogens is 2. The molecule has 0 aliphatic carbocycles. The molecule has 1 fully saturated rings. The summed E-state index contributed by atoms with van der Waals surface area (Å²) < 4.78 is 6.90. The molecule has 6 nitrogen and oxygen atoms in total. The van der Waals surface area contributed by atoms with Crippen LogP contribution in [0.2, 0.25) is 0 Å². The van der Waals surface area contributed by atoms with Crippen LogP contribution in [0.5, 0.6) is 0 Å². The largest absolute Gasteiger partial charge is 0.805 e. The van der Waals surface area contributed by atoms with Crippen molar-refractivity contribution in [1.29, 1.82) is 0 Å². The van der Waals surface area contributed by atoms with E-state index in [2.05, 4.69) is 5.32 Å². The zero-order chi connectivity index (χ0) is 12.7. The molecule has 1 aromatic heterocycles. The average Bonchev–Trinajstić information content (AvgIpc) is 2.80. The van der Waals surface area contributed by atoms with E-state index in [-0.39, 0.29) is 11.7 Å². The van der Waals surface area contributed by atoms with E-state index in [9.17, 15) is 10.1 Å². The molecule has 18 heavy (non-hydrogen) atoms. The molecule has 1 aliphatic rings. The topological polar surface area (TPSA) is 72.2 Å². The van der Waals surface area contributed by atoms with E-state index < -0.39 is 6.23 Å². The summed E-state index contributed by atoms with van der Waals surface area (Å²) in [4.78, 5) is 11.9. The second-order valence-corrected chi connectivity index (χ2v) is 4.44. The van der Waals surface area contributed by atoms with Gasteiger partial charge in [0.1, 0.15) is 11.2 Å². The quantitative estimate of drug-likeness (QED) is 0.760. The Morgan fingerprint density at radius 2 is 2.28 bits per heavy atom. The lowest BCUT2D eigenvalue weighted by Gasteiger charge is -2.20. The fourth-order valence-electron chi connectivity index (χ4n) is 2.14. The third-order valence-electron chi connectivity index (χ3n) is 3.04. The van der Waals surface area contributed by atoms with Crippen LogP contribution in [0.4, 0.5) is 0 Å². The molecule has 0 bridgehead atoms. The van der Waals surface area contributed by atoms with Crippen molar-refractivity contribution < 1.29 is 9.16 Å². The molecule has 1 N–H and O–H groups in total. The van der Waals surface area contributed by atoms with Gasteiger partial charge in [0, 0.05) is 17.0 Å². The molecule has 2 heterocycles. The number of fused-ring (bicyclic) bond motifs is 1. The molecule has 94 valence electrons. The third kappa shape index (κ3) is 1.66. The van der Waals surface area contributed by atoms with Crippen molar-refractivity contribution >= 4 is 11.0 Å². The summed E-state index contributed by atoms with van der Waals surface area (Å²) in [5.41, 5.74) is 0.977. The zero-order valence-electron chi connectivity index (χ0n) is 9.87. The van der Waals surface area contributed by atoms with Gasteiger partial charge in [-0.15, -0.1) is 0 Å². The summed E-state index contributed by atoms with van der Waals surface area (Å²) in [6.45, 7) is 2.48. The Balaban J connectivity index is 2.19. The molecule has 3 rings (SSSR count). The number of nitrogens with zero attached hydrogens (tertiary/aromatic N) is 2. The van der Waals surface area contributed by atoms with E-state index in [4.69, 9.17) is 4.74 Å². The minimum Gasteiger partial charge on any atom is -0.805 e. The summed E-state index contributed by atoms with van der Waals surface area (Å²) in [5, 5.41) is 15.3. The van der Waals surface area contributed by atoms with E-state index in [1.165, 1.54) is 6.20 Å². The summed E-state index contributed by atoms with van der Waals surface area (Å²) >= 11 is 0. The van der Waals surface area contributed by atoms with Crippen LogP contribution in [0, 0.1) is 10.1 Å². The molecule has 0 spiro atoms. The highest BCUT2D eigenvalue weighted by Gasteiger charge is 2.27. The average molecular weight is 247 g/mol. The van der Waals surface area contributed by atoms with Crippen LogP contribution in [0.3, 0.4) is 0 Å². The number of rotatable bonds is 1. The predicted molar refractivity (Wildman–Crippen MR) is 65.4 cm³/mol. The van der Waals surface area contributed by atoms with Crippen LogP contribution in [-0.4, -0.2) is 17.4 Å². The molecule has 1 aliphatic heterocycles. The van der Waals surface area contributed by atoms with Crippen LogP contribution >= 0.6 is 0 Å². The van der Waals surface area contributed by atoms with Crippen molar-refractivity contribution in [3.8, 4) is 0 Å². The standard InChI is InChI=1S/C12H13N3O3/c1-8-7-18-12(13-8)11-6-14(16)9-4-2-3-5-10(9)15(11)17/h2-6,8,12-13H,7H2,1H3. The monoisotopic (exact) mass is 247 g/mol. The number of hydrogen-bond donors (Lipinski definition) is 1. The van der Waals surface area contributed by atoms with Gasteiger partial charge in [0.2, 0.25) is 0 Å². The second kappa shape index (κ2) is 4.08. The Labute approximate surface area is 103 Å². The molecule has 6 heteroatoms. The maximum Gasteiger partial charge on any atom is 0.285 e. The van der Waals surface area contributed by atoms with Crippen LogP contribution in [0.1, 0.15) is 18.8 Å². The lowest BCUT2D eigenvalue weighted by atomic mass is 10.3. The second-order valence-electron chi connectivity index (χ2n) is 4.44. The number of nitrogens with one attached hydrogen (secondary N) is 1. The van der Waals surface area contributed by atoms with Crippen molar-refractivity contribution in [1.82, 2.24) is 10.0 Å². The van der Waals surface area contributed by atoms with E-state index >= 15 is 0 Å². The Morgan fingerprint density at radius 3 is 3.00 bits per heavy atom. The summed E-state index contributed by atoms with van der Waals surface area (Å²) in [7, 11) is 0. The van der Waals surface area contributed by atoms with Crippen molar-refractivity contribution in [2.45, 2.75) is 19.2 Å². The third-order valence-corrected chi connectivity index (χ3v) is 3.04. The van der Waals surface area contributed by atoms with Crippen LogP contribution < -0.4 is 9.74 Å². The van der Waals surface area contributed by atoms with Crippen LogP contribution in [-0.2, 0) is 4.74 Å². The molecule has 2 atom stereocenters. The highest BCUT2D eigenvalue weighted by molar-refractivity contribution is 5.71. The first-order valence-electron chi connectivity index (χ1n) is 5.79. The van der Waals surface area contributed by atoms with Gasteiger partial charge in [-0.05, 0) is 13.0 Å². The van der Waals surface area contributed by atoms with Crippen LogP contribution in [0.15, 0.2) is 30.5 Å². The molecule has 1 saturated heterocycles. The van der Waals surface area contributed by atoms with Gasteiger partial charge >= 0.3 is 0 Å². The minimum atomic E-state index is -0.526. The van der Waals surface area contributed by atoms with Gasteiger partial charge in [-0.2, -0.15) is 0 Å². The molecule has 2 unspecified atom stereocenters. The summed E-state index contributed by atoms with van der Waals surface area (Å²) in [6.07, 6.45) is 0.743. The predicted octanol–water partition coefficient (Wildman–Crippen LogP) is 0.909. The van der Waals surface area contributed by atoms with E-state index in [1.54, 1.807) is 24.3 Å². The van der Waals surface area contributed by atoms with Crippen molar-refractivity contribution in [3.05, 3.63) is 46.3 Å². The SMILES string of the molecule is CC1COC(c2c[n+](=O)c3ccccc3n2[O-])N1. The molecule has 0 amide bonds. The Bertz CT molecular complexity index is 653. The first-order chi connectivity index (χ1) is 8.66. The van der Waals surface area contributed by atoms with Crippen molar-refractivity contribution in [2.24, 2.45) is 0 Å². The van der Waals surface area contributed by atoms with E-state index in [0.29, 0.717) is 22.1 Å². The van der Waals surface area contributed by atoms with Gasteiger partial charge in [0.15, 0.2) is 6.23 Å². The minimum absolute atomic E-state index is 0.168. The van der Waals surface area contributed by atoms with Gasteiger partial charge < -0.3 is 14.7 Å². The molecule has 1 aromatic carbocycles. The van der Waals surface area contributed by atoms with E-state index in [1.807, 2.05) is 6.92 Å². The van der Waals surface area contributed by atoms with Gasteiger partial charge in [0.05, 0.1) is 11.0 Å². The van der Waals surface area contributed by atoms with Gasteiger partial charge in [-0.1, -0.05) is 12.1 Å². The number of para-hydroxylation sites is 2. The molecule has 2 aromatic rings.